The molecule has 0 saturated carbocycles. The van der Waals surface area contributed by atoms with Gasteiger partial charge in [0.2, 0.25) is 5.89 Å². The number of ether oxygens (including phenoxy) is 1. The van der Waals surface area contributed by atoms with Crippen LogP contribution >= 0.6 is 12.4 Å². The van der Waals surface area contributed by atoms with Crippen molar-refractivity contribution in [2.75, 3.05) is 33.4 Å². The van der Waals surface area contributed by atoms with Crippen molar-refractivity contribution in [1.29, 1.82) is 0 Å². The quantitative estimate of drug-likeness (QED) is 0.853. The Morgan fingerprint density at radius 3 is 3.12 bits per heavy atom. The van der Waals surface area contributed by atoms with Crippen molar-refractivity contribution < 1.29 is 13.7 Å². The first kappa shape index (κ1) is 18.8. The molecule has 0 aliphatic carbocycles. The largest absolute Gasteiger partial charge is 0.384 e. The van der Waals surface area contributed by atoms with E-state index in [1.54, 1.807) is 19.2 Å². The van der Waals surface area contributed by atoms with Crippen LogP contribution in [0.2, 0.25) is 0 Å². The van der Waals surface area contributed by atoms with Gasteiger partial charge in [-0.25, -0.2) is 4.39 Å². The van der Waals surface area contributed by atoms with E-state index in [0.29, 0.717) is 31.3 Å². The van der Waals surface area contributed by atoms with Crippen LogP contribution in [-0.4, -0.2) is 48.4 Å². The van der Waals surface area contributed by atoms with E-state index in [1.165, 1.54) is 6.07 Å². The summed E-state index contributed by atoms with van der Waals surface area (Å²) in [4.78, 5) is 6.63. The summed E-state index contributed by atoms with van der Waals surface area (Å²) in [7, 11) is 1.64. The molecule has 3 rings (SSSR count). The molecule has 132 valence electrons. The zero-order chi connectivity index (χ0) is 16.1. The van der Waals surface area contributed by atoms with Crippen molar-refractivity contribution in [3.05, 3.63) is 47.4 Å². The predicted octanol–water partition coefficient (Wildman–Crippen LogP) is 1.97. The van der Waals surface area contributed by atoms with E-state index in [4.69, 9.17) is 9.26 Å². The first-order chi connectivity index (χ1) is 11.3. The summed E-state index contributed by atoms with van der Waals surface area (Å²) in [5.41, 5.74) is 0.955. The van der Waals surface area contributed by atoms with E-state index >= 15 is 0 Å². The van der Waals surface area contributed by atoms with Gasteiger partial charge in [0.15, 0.2) is 5.82 Å². The van der Waals surface area contributed by atoms with Gasteiger partial charge in [-0.3, -0.25) is 4.90 Å². The van der Waals surface area contributed by atoms with Gasteiger partial charge in [-0.15, -0.1) is 12.4 Å². The molecule has 1 saturated heterocycles. The predicted molar refractivity (Wildman–Crippen MR) is 89.5 cm³/mol. The highest BCUT2D eigenvalue weighted by atomic mass is 35.5. The lowest BCUT2D eigenvalue weighted by atomic mass is 10.0. The smallest absolute Gasteiger partial charge is 0.240 e. The van der Waals surface area contributed by atoms with Gasteiger partial charge in [-0.05, 0) is 17.7 Å². The minimum absolute atomic E-state index is 0. The minimum Gasteiger partial charge on any atom is -0.384 e. The number of benzene rings is 1. The average molecular weight is 357 g/mol. The summed E-state index contributed by atoms with van der Waals surface area (Å²) in [6.45, 7) is 3.63. The van der Waals surface area contributed by atoms with Crippen molar-refractivity contribution in [2.45, 2.75) is 19.0 Å². The third-order valence-corrected chi connectivity index (χ3v) is 3.97. The van der Waals surface area contributed by atoms with Crippen LogP contribution < -0.4 is 5.32 Å². The van der Waals surface area contributed by atoms with Crippen LogP contribution in [0, 0.1) is 5.82 Å². The van der Waals surface area contributed by atoms with Gasteiger partial charge in [0.1, 0.15) is 5.82 Å². The number of aromatic nitrogens is 2. The van der Waals surface area contributed by atoms with Crippen LogP contribution in [0.5, 0.6) is 0 Å². The Hall–Kier alpha value is -1.54. The van der Waals surface area contributed by atoms with Gasteiger partial charge < -0.3 is 14.6 Å². The summed E-state index contributed by atoms with van der Waals surface area (Å²) < 4.78 is 23.8. The second kappa shape index (κ2) is 9.08. The lowest BCUT2D eigenvalue weighted by Gasteiger charge is -2.35. The summed E-state index contributed by atoms with van der Waals surface area (Å²) in [6, 6.07) is 6.83. The molecule has 2 aromatic rings. The summed E-state index contributed by atoms with van der Waals surface area (Å²) in [5.74, 6) is 1.02. The van der Waals surface area contributed by atoms with Gasteiger partial charge >= 0.3 is 0 Å². The number of halogens is 2. The van der Waals surface area contributed by atoms with Gasteiger partial charge in [0.05, 0.1) is 13.2 Å². The minimum atomic E-state index is -0.215. The lowest BCUT2D eigenvalue weighted by molar-refractivity contribution is 0.135. The molecule has 1 N–H and O–H groups in total. The van der Waals surface area contributed by atoms with Crippen LogP contribution in [0.25, 0.3) is 0 Å². The van der Waals surface area contributed by atoms with Gasteiger partial charge in [0.25, 0.3) is 0 Å². The molecule has 1 aliphatic heterocycles. The number of nitrogens with zero attached hydrogens (tertiary/aromatic N) is 3. The fraction of sp³-hybridized carbons (Fsp3) is 0.500. The van der Waals surface area contributed by atoms with Crippen LogP contribution in [0.1, 0.15) is 23.3 Å². The van der Waals surface area contributed by atoms with Crippen molar-refractivity contribution in [3.8, 4) is 0 Å². The molecule has 0 amide bonds. The van der Waals surface area contributed by atoms with Crippen LogP contribution in [-0.2, 0) is 17.7 Å². The van der Waals surface area contributed by atoms with Gasteiger partial charge in [-0.1, -0.05) is 17.3 Å². The van der Waals surface area contributed by atoms with Crippen molar-refractivity contribution in [1.82, 2.24) is 20.4 Å². The monoisotopic (exact) mass is 356 g/mol. The fourth-order valence-electron chi connectivity index (χ4n) is 2.80. The Morgan fingerprint density at radius 2 is 2.33 bits per heavy atom. The third kappa shape index (κ3) is 4.73. The van der Waals surface area contributed by atoms with Crippen LogP contribution in [0.3, 0.4) is 0 Å². The maximum absolute atomic E-state index is 13.5. The second-order valence-corrected chi connectivity index (χ2v) is 5.59. The molecule has 1 aliphatic rings. The zero-order valence-corrected chi connectivity index (χ0v) is 14.4. The second-order valence-electron chi connectivity index (χ2n) is 5.59. The molecule has 8 heteroatoms. The molecule has 0 spiro atoms. The number of methoxy groups -OCH3 is 1. The van der Waals surface area contributed by atoms with Crippen molar-refractivity contribution >= 4 is 12.4 Å². The Bertz CT molecular complexity index is 640. The summed E-state index contributed by atoms with van der Waals surface area (Å²) in [5, 5.41) is 7.32. The molecule has 1 aromatic carbocycles. The highest BCUT2D eigenvalue weighted by Gasteiger charge is 2.25. The first-order valence-corrected chi connectivity index (χ1v) is 7.77. The van der Waals surface area contributed by atoms with E-state index < -0.39 is 0 Å². The fourth-order valence-corrected chi connectivity index (χ4v) is 2.80. The Morgan fingerprint density at radius 1 is 1.46 bits per heavy atom. The highest BCUT2D eigenvalue weighted by molar-refractivity contribution is 5.85. The van der Waals surface area contributed by atoms with E-state index in [-0.39, 0.29) is 24.3 Å². The van der Waals surface area contributed by atoms with Crippen LogP contribution in [0.15, 0.2) is 28.8 Å². The molecule has 0 radical (unpaired) electrons. The first-order valence-electron chi connectivity index (χ1n) is 7.77. The molecule has 1 aromatic heterocycles. The van der Waals surface area contributed by atoms with Crippen molar-refractivity contribution in [3.63, 3.8) is 0 Å². The van der Waals surface area contributed by atoms with Crippen LogP contribution in [0.4, 0.5) is 4.39 Å². The topological polar surface area (TPSA) is 63.4 Å². The molecule has 1 unspecified atom stereocenters. The Balaban J connectivity index is 0.00000208. The number of nitrogens with one attached hydrogen (secondary N) is 1. The molecule has 1 fully saturated rings. The third-order valence-electron chi connectivity index (χ3n) is 3.97. The molecule has 2 heterocycles. The summed E-state index contributed by atoms with van der Waals surface area (Å²) >= 11 is 0. The zero-order valence-electron chi connectivity index (χ0n) is 13.6. The van der Waals surface area contributed by atoms with E-state index in [9.17, 15) is 4.39 Å². The number of rotatable bonds is 6. The normalized spacial score (nSPS) is 18.3. The van der Waals surface area contributed by atoms with E-state index in [1.807, 2.05) is 6.07 Å². The van der Waals surface area contributed by atoms with Gasteiger partial charge in [0, 0.05) is 39.2 Å². The standard InChI is InChI=1S/C16H21FN4O2.ClH/c1-22-8-5-15-19-16(23-20-15)11-21-7-6-18-10-14(21)12-3-2-4-13(17)9-12;/h2-4,9,14,18H,5-8,10-11H2,1H3;1H. The maximum Gasteiger partial charge on any atom is 0.240 e. The molecule has 6 nitrogen and oxygen atoms in total. The maximum atomic E-state index is 13.5. The number of piperazine rings is 1. The number of hydrogen-bond donors (Lipinski definition) is 1. The Kier molecular flexibility index (Phi) is 7.11. The molecular weight excluding hydrogens is 335 g/mol. The SMILES string of the molecule is COCCc1noc(CN2CCNCC2c2cccc(F)c2)n1.Cl. The van der Waals surface area contributed by atoms with Gasteiger partial charge in [-0.2, -0.15) is 4.98 Å². The molecular formula is C16H22ClFN4O2. The Labute approximate surface area is 146 Å². The highest BCUT2D eigenvalue weighted by Crippen LogP contribution is 2.24. The molecule has 1 atom stereocenters. The lowest BCUT2D eigenvalue weighted by Crippen LogP contribution is -2.45. The average Bonchev–Trinajstić information content (AvgIpc) is 3.01. The molecule has 0 bridgehead atoms. The molecule has 24 heavy (non-hydrogen) atoms. The van der Waals surface area contributed by atoms with E-state index in [2.05, 4.69) is 20.4 Å². The summed E-state index contributed by atoms with van der Waals surface area (Å²) in [6.07, 6.45) is 0.634. The van der Waals surface area contributed by atoms with Crippen molar-refractivity contribution in [2.24, 2.45) is 0 Å². The van der Waals surface area contributed by atoms with E-state index in [0.717, 1.165) is 25.2 Å². The number of hydrogen-bond acceptors (Lipinski definition) is 6.